The van der Waals surface area contributed by atoms with E-state index < -0.39 is 18.0 Å². The third-order valence-electron chi connectivity index (χ3n) is 2.54. The van der Waals surface area contributed by atoms with Crippen molar-refractivity contribution < 1.29 is 24.0 Å². The number of carbonyl (C=O) groups excluding carboxylic acids is 1. The molecule has 1 heterocycles. The second-order valence-electron chi connectivity index (χ2n) is 3.98. The summed E-state index contributed by atoms with van der Waals surface area (Å²) in [7, 11) is 1.36. The minimum absolute atomic E-state index is 0.103. The molecule has 0 fully saturated rings. The zero-order valence-electron chi connectivity index (χ0n) is 11.0. The van der Waals surface area contributed by atoms with Gasteiger partial charge in [0.1, 0.15) is 5.76 Å². The zero-order valence-corrected chi connectivity index (χ0v) is 11.0. The van der Waals surface area contributed by atoms with Gasteiger partial charge in [-0.3, -0.25) is 0 Å². The highest BCUT2D eigenvalue weighted by atomic mass is 16.5. The van der Waals surface area contributed by atoms with Gasteiger partial charge < -0.3 is 25.0 Å². The minimum Gasteiger partial charge on any atom is -0.480 e. The Labute approximate surface area is 110 Å². The zero-order chi connectivity index (χ0) is 14.4. The van der Waals surface area contributed by atoms with Crippen molar-refractivity contribution in [3.05, 3.63) is 17.0 Å². The molecular formula is C11H17N3O5. The average molecular weight is 271 g/mol. The van der Waals surface area contributed by atoms with Crippen LogP contribution in [0, 0.1) is 13.8 Å². The summed E-state index contributed by atoms with van der Waals surface area (Å²) in [6, 6.07) is -1.68. The van der Waals surface area contributed by atoms with Crippen LogP contribution in [0.4, 0.5) is 4.79 Å². The van der Waals surface area contributed by atoms with E-state index in [1.54, 1.807) is 13.8 Å². The predicted octanol–water partition coefficient (Wildman–Crippen LogP) is 0.190. The van der Waals surface area contributed by atoms with Crippen LogP contribution in [0.1, 0.15) is 17.0 Å². The number of nitrogens with one attached hydrogen (secondary N) is 2. The molecule has 0 saturated carbocycles. The number of methoxy groups -OCH3 is 1. The molecule has 106 valence electrons. The van der Waals surface area contributed by atoms with Crippen molar-refractivity contribution >= 4 is 12.0 Å². The lowest BCUT2D eigenvalue weighted by Crippen LogP contribution is -2.48. The summed E-state index contributed by atoms with van der Waals surface area (Å²) in [6.07, 6.45) is 0. The fourth-order valence-corrected chi connectivity index (χ4v) is 1.47. The quantitative estimate of drug-likeness (QED) is 0.680. The normalized spacial score (nSPS) is 11.9. The van der Waals surface area contributed by atoms with Crippen LogP contribution in [-0.4, -0.2) is 42.0 Å². The number of aromatic nitrogens is 1. The van der Waals surface area contributed by atoms with Crippen LogP contribution >= 0.6 is 0 Å². The van der Waals surface area contributed by atoms with Gasteiger partial charge in [-0.2, -0.15) is 0 Å². The summed E-state index contributed by atoms with van der Waals surface area (Å²) in [5.74, 6) is -0.543. The van der Waals surface area contributed by atoms with Gasteiger partial charge in [-0.05, 0) is 13.8 Å². The van der Waals surface area contributed by atoms with Crippen LogP contribution < -0.4 is 10.6 Å². The molecular weight excluding hydrogens is 254 g/mol. The van der Waals surface area contributed by atoms with Crippen molar-refractivity contribution in [2.75, 3.05) is 13.7 Å². The van der Waals surface area contributed by atoms with E-state index in [0.717, 1.165) is 5.56 Å². The van der Waals surface area contributed by atoms with Gasteiger partial charge in [0, 0.05) is 19.2 Å². The second kappa shape index (κ2) is 6.74. The monoisotopic (exact) mass is 271 g/mol. The lowest BCUT2D eigenvalue weighted by molar-refractivity contribution is -0.140. The van der Waals surface area contributed by atoms with Gasteiger partial charge in [-0.15, -0.1) is 0 Å². The van der Waals surface area contributed by atoms with E-state index in [2.05, 4.69) is 15.8 Å². The number of urea groups is 1. The Morgan fingerprint density at radius 2 is 2.16 bits per heavy atom. The van der Waals surface area contributed by atoms with E-state index >= 15 is 0 Å². The highest BCUT2D eigenvalue weighted by Gasteiger charge is 2.19. The number of amides is 2. The third kappa shape index (κ3) is 4.25. The highest BCUT2D eigenvalue weighted by molar-refractivity contribution is 5.82. The molecule has 3 N–H and O–H groups in total. The number of carboxylic acid groups (broad SMARTS) is 1. The van der Waals surface area contributed by atoms with Gasteiger partial charge in [-0.1, -0.05) is 5.16 Å². The molecule has 0 aliphatic carbocycles. The largest absolute Gasteiger partial charge is 0.480 e. The van der Waals surface area contributed by atoms with Crippen LogP contribution in [0.15, 0.2) is 4.52 Å². The molecule has 0 aromatic carbocycles. The van der Waals surface area contributed by atoms with E-state index in [9.17, 15) is 9.59 Å². The Bertz CT molecular complexity index is 438. The molecule has 0 bridgehead atoms. The van der Waals surface area contributed by atoms with E-state index in [0.29, 0.717) is 11.5 Å². The molecule has 8 heteroatoms. The van der Waals surface area contributed by atoms with Crippen molar-refractivity contribution in [3.63, 3.8) is 0 Å². The maximum Gasteiger partial charge on any atom is 0.328 e. The number of carboxylic acids is 1. The van der Waals surface area contributed by atoms with E-state index in [4.69, 9.17) is 14.4 Å². The Balaban J connectivity index is 2.49. The summed E-state index contributed by atoms with van der Waals surface area (Å²) >= 11 is 0. The van der Waals surface area contributed by atoms with Crippen molar-refractivity contribution in [1.82, 2.24) is 15.8 Å². The Morgan fingerprint density at radius 3 is 2.63 bits per heavy atom. The molecule has 0 saturated heterocycles. The molecule has 0 spiro atoms. The van der Waals surface area contributed by atoms with Crippen LogP contribution in [0.3, 0.4) is 0 Å². The topological polar surface area (TPSA) is 114 Å². The Kier molecular flexibility index (Phi) is 5.31. The first-order chi connectivity index (χ1) is 8.95. The highest BCUT2D eigenvalue weighted by Crippen LogP contribution is 2.11. The summed E-state index contributed by atoms with van der Waals surface area (Å²) in [5, 5.41) is 17.4. The maximum atomic E-state index is 11.6. The average Bonchev–Trinajstić information content (AvgIpc) is 2.66. The number of aryl methyl sites for hydroxylation is 2. The van der Waals surface area contributed by atoms with Crippen molar-refractivity contribution in [2.24, 2.45) is 0 Å². The number of nitrogens with zero attached hydrogens (tertiary/aromatic N) is 1. The summed E-state index contributed by atoms with van der Waals surface area (Å²) in [5.41, 5.74) is 1.46. The van der Waals surface area contributed by atoms with Gasteiger partial charge in [0.2, 0.25) is 0 Å². The smallest absolute Gasteiger partial charge is 0.328 e. The van der Waals surface area contributed by atoms with Gasteiger partial charge >= 0.3 is 12.0 Å². The number of aliphatic carboxylic acids is 1. The van der Waals surface area contributed by atoms with Crippen molar-refractivity contribution in [1.29, 1.82) is 0 Å². The standard InChI is InChI=1S/C11H17N3O5/c1-6-8(7(2)19-14-6)4-12-11(17)13-9(5-18-3)10(15)16/h9H,4-5H2,1-3H3,(H,15,16)(H2,12,13,17). The van der Waals surface area contributed by atoms with Gasteiger partial charge in [0.15, 0.2) is 6.04 Å². The van der Waals surface area contributed by atoms with Crippen LogP contribution in [0.5, 0.6) is 0 Å². The number of ether oxygens (including phenoxy) is 1. The van der Waals surface area contributed by atoms with E-state index in [-0.39, 0.29) is 13.2 Å². The van der Waals surface area contributed by atoms with Gasteiger partial charge in [0.05, 0.1) is 12.3 Å². The van der Waals surface area contributed by atoms with Crippen LogP contribution in [0.25, 0.3) is 0 Å². The lowest BCUT2D eigenvalue weighted by atomic mass is 10.2. The van der Waals surface area contributed by atoms with Crippen LogP contribution in [-0.2, 0) is 16.1 Å². The molecule has 1 aromatic heterocycles. The number of carbonyl (C=O) groups is 2. The molecule has 2 amide bonds. The molecule has 19 heavy (non-hydrogen) atoms. The molecule has 0 aliphatic rings. The summed E-state index contributed by atoms with van der Waals surface area (Å²) in [6.45, 7) is 3.61. The van der Waals surface area contributed by atoms with Gasteiger partial charge in [-0.25, -0.2) is 9.59 Å². The van der Waals surface area contributed by atoms with E-state index in [1.165, 1.54) is 7.11 Å². The van der Waals surface area contributed by atoms with Crippen molar-refractivity contribution in [3.8, 4) is 0 Å². The lowest BCUT2D eigenvalue weighted by Gasteiger charge is -2.14. The molecule has 8 nitrogen and oxygen atoms in total. The van der Waals surface area contributed by atoms with Crippen molar-refractivity contribution in [2.45, 2.75) is 26.4 Å². The third-order valence-corrected chi connectivity index (χ3v) is 2.54. The molecule has 0 radical (unpaired) electrons. The maximum absolute atomic E-state index is 11.6. The fraction of sp³-hybridized carbons (Fsp3) is 0.545. The molecule has 1 rings (SSSR count). The number of hydrogen-bond donors (Lipinski definition) is 3. The van der Waals surface area contributed by atoms with Gasteiger partial charge in [0.25, 0.3) is 0 Å². The Morgan fingerprint density at radius 1 is 1.47 bits per heavy atom. The summed E-state index contributed by atoms with van der Waals surface area (Å²) < 4.78 is 9.66. The molecule has 1 aromatic rings. The summed E-state index contributed by atoms with van der Waals surface area (Å²) in [4.78, 5) is 22.4. The first-order valence-corrected chi connectivity index (χ1v) is 5.63. The number of hydrogen-bond acceptors (Lipinski definition) is 5. The first kappa shape index (κ1) is 15.0. The molecule has 1 atom stereocenters. The Hall–Kier alpha value is -2.09. The second-order valence-corrected chi connectivity index (χ2v) is 3.98. The fourth-order valence-electron chi connectivity index (χ4n) is 1.47. The molecule has 0 aliphatic heterocycles. The predicted molar refractivity (Wildman–Crippen MR) is 64.6 cm³/mol. The SMILES string of the molecule is COCC(NC(=O)NCc1c(C)noc1C)C(=O)O. The van der Waals surface area contributed by atoms with Crippen LogP contribution in [0.2, 0.25) is 0 Å². The first-order valence-electron chi connectivity index (χ1n) is 5.63. The number of rotatable bonds is 6. The molecule has 1 unspecified atom stereocenters. The van der Waals surface area contributed by atoms with E-state index in [1.807, 2.05) is 0 Å². The minimum atomic E-state index is -1.16.